The quantitative estimate of drug-likeness (QED) is 0.898. The van der Waals surface area contributed by atoms with E-state index in [0.29, 0.717) is 11.8 Å². The van der Waals surface area contributed by atoms with E-state index in [1.165, 1.54) is 5.56 Å². The van der Waals surface area contributed by atoms with Crippen molar-refractivity contribution in [2.45, 2.75) is 47.0 Å². The Bertz CT molecular complexity index is 436. The van der Waals surface area contributed by atoms with Crippen molar-refractivity contribution < 1.29 is 5.11 Å². The van der Waals surface area contributed by atoms with Gasteiger partial charge in [0.2, 0.25) is 5.95 Å². The highest BCUT2D eigenvalue weighted by atomic mass is 16.3. The maximum Gasteiger partial charge on any atom is 0.225 e. The first kappa shape index (κ1) is 15.2. The van der Waals surface area contributed by atoms with Gasteiger partial charge >= 0.3 is 0 Å². The summed E-state index contributed by atoms with van der Waals surface area (Å²) in [6.07, 6.45) is 3.07. The Kier molecular flexibility index (Phi) is 4.97. The van der Waals surface area contributed by atoms with Crippen LogP contribution in [0.1, 0.15) is 43.6 Å². The van der Waals surface area contributed by atoms with E-state index >= 15 is 0 Å². The van der Waals surface area contributed by atoms with E-state index in [-0.39, 0.29) is 6.61 Å². The van der Waals surface area contributed by atoms with Crippen molar-refractivity contribution in [3.05, 3.63) is 17.0 Å². The van der Waals surface area contributed by atoms with Gasteiger partial charge in [0.25, 0.3) is 0 Å². The number of nitrogens with zero attached hydrogens (tertiary/aromatic N) is 3. The number of aliphatic hydroxyl groups excluding tert-OH is 1. The molecule has 0 saturated carbocycles. The second kappa shape index (κ2) is 6.53. The monoisotopic (exact) mass is 277 g/mol. The van der Waals surface area contributed by atoms with Gasteiger partial charge in [0.15, 0.2) is 0 Å². The van der Waals surface area contributed by atoms with Gasteiger partial charge in [-0.15, -0.1) is 0 Å². The van der Waals surface area contributed by atoms with Crippen LogP contribution in [0.4, 0.5) is 5.95 Å². The summed E-state index contributed by atoms with van der Waals surface area (Å²) in [7, 11) is 0. The van der Waals surface area contributed by atoms with Crippen LogP contribution in [0, 0.1) is 25.7 Å². The summed E-state index contributed by atoms with van der Waals surface area (Å²) >= 11 is 0. The zero-order valence-electron chi connectivity index (χ0n) is 13.2. The summed E-state index contributed by atoms with van der Waals surface area (Å²) < 4.78 is 0. The number of anilines is 1. The first-order valence-electron chi connectivity index (χ1n) is 7.71. The molecule has 2 heterocycles. The molecule has 112 valence electrons. The minimum atomic E-state index is 0.282. The van der Waals surface area contributed by atoms with Crippen molar-refractivity contribution in [1.29, 1.82) is 0 Å². The second-order valence-electron chi connectivity index (χ2n) is 6.38. The summed E-state index contributed by atoms with van der Waals surface area (Å²) in [6.45, 7) is 10.9. The third-order valence-corrected chi connectivity index (χ3v) is 4.13. The minimum absolute atomic E-state index is 0.282. The maximum absolute atomic E-state index is 9.04. The molecule has 20 heavy (non-hydrogen) atoms. The molecule has 2 rings (SSSR count). The molecule has 1 aromatic rings. The average Bonchev–Trinajstić information content (AvgIpc) is 2.82. The molecule has 1 fully saturated rings. The fourth-order valence-corrected chi connectivity index (χ4v) is 3.00. The summed E-state index contributed by atoms with van der Waals surface area (Å²) in [5.74, 6) is 2.08. The molecule has 0 spiro atoms. The molecule has 4 heteroatoms. The maximum atomic E-state index is 9.04. The number of rotatable bonds is 5. The molecule has 0 amide bonds. The highest BCUT2D eigenvalue weighted by molar-refractivity contribution is 5.37. The largest absolute Gasteiger partial charge is 0.396 e. The minimum Gasteiger partial charge on any atom is -0.396 e. The fourth-order valence-electron chi connectivity index (χ4n) is 3.00. The summed E-state index contributed by atoms with van der Waals surface area (Å²) in [6, 6.07) is 0. The third-order valence-electron chi connectivity index (χ3n) is 4.13. The Balaban J connectivity index is 2.14. The SMILES string of the molecule is Cc1nc(N2CCC(CCO)C2)nc(C)c1CC(C)C. The van der Waals surface area contributed by atoms with Crippen molar-refractivity contribution in [3.63, 3.8) is 0 Å². The number of hydrogen-bond donors (Lipinski definition) is 1. The van der Waals surface area contributed by atoms with Crippen molar-refractivity contribution in [1.82, 2.24) is 9.97 Å². The zero-order valence-corrected chi connectivity index (χ0v) is 13.2. The van der Waals surface area contributed by atoms with Gasteiger partial charge in [-0.05, 0) is 50.5 Å². The van der Waals surface area contributed by atoms with Gasteiger partial charge in [-0.3, -0.25) is 0 Å². The van der Waals surface area contributed by atoms with Crippen molar-refractivity contribution in [2.24, 2.45) is 11.8 Å². The molecule has 4 nitrogen and oxygen atoms in total. The Morgan fingerprint density at radius 3 is 2.45 bits per heavy atom. The van der Waals surface area contributed by atoms with Gasteiger partial charge in [-0.25, -0.2) is 9.97 Å². The van der Waals surface area contributed by atoms with Crippen LogP contribution in [0.25, 0.3) is 0 Å². The fraction of sp³-hybridized carbons (Fsp3) is 0.750. The number of aryl methyl sites for hydroxylation is 2. The topological polar surface area (TPSA) is 49.2 Å². The molecule has 1 aliphatic heterocycles. The van der Waals surface area contributed by atoms with Crippen LogP contribution < -0.4 is 4.90 Å². The van der Waals surface area contributed by atoms with E-state index in [4.69, 9.17) is 15.1 Å². The molecule has 1 N–H and O–H groups in total. The Morgan fingerprint density at radius 1 is 1.25 bits per heavy atom. The molecule has 0 aromatic carbocycles. The highest BCUT2D eigenvalue weighted by Gasteiger charge is 2.24. The van der Waals surface area contributed by atoms with Crippen LogP contribution in [0.5, 0.6) is 0 Å². The van der Waals surface area contributed by atoms with Gasteiger partial charge < -0.3 is 10.0 Å². The standard InChI is InChI=1S/C16H27N3O/c1-11(2)9-15-12(3)17-16(18-13(15)4)19-7-5-14(10-19)6-8-20/h11,14,20H,5-10H2,1-4H3. The molecular formula is C16H27N3O. The molecular weight excluding hydrogens is 250 g/mol. The Labute approximate surface area is 122 Å². The number of aliphatic hydroxyl groups is 1. The van der Waals surface area contributed by atoms with Crippen molar-refractivity contribution in [2.75, 3.05) is 24.6 Å². The summed E-state index contributed by atoms with van der Waals surface area (Å²) in [5.41, 5.74) is 3.54. The molecule has 1 unspecified atom stereocenters. The van der Waals surface area contributed by atoms with Gasteiger partial charge in [0.05, 0.1) is 0 Å². The lowest BCUT2D eigenvalue weighted by molar-refractivity contribution is 0.263. The van der Waals surface area contributed by atoms with Gasteiger partial charge in [-0.1, -0.05) is 13.8 Å². The van der Waals surface area contributed by atoms with Crippen molar-refractivity contribution >= 4 is 5.95 Å². The van der Waals surface area contributed by atoms with E-state index in [1.807, 2.05) is 0 Å². The van der Waals surface area contributed by atoms with Crippen LogP contribution in [-0.4, -0.2) is 34.8 Å². The first-order valence-corrected chi connectivity index (χ1v) is 7.71. The summed E-state index contributed by atoms with van der Waals surface area (Å²) in [5, 5.41) is 9.04. The Morgan fingerprint density at radius 2 is 1.90 bits per heavy atom. The predicted molar refractivity (Wildman–Crippen MR) is 82.1 cm³/mol. The van der Waals surface area contributed by atoms with Crippen molar-refractivity contribution in [3.8, 4) is 0 Å². The van der Waals surface area contributed by atoms with Crippen LogP contribution in [0.15, 0.2) is 0 Å². The molecule has 1 atom stereocenters. The van der Waals surface area contributed by atoms with Gasteiger partial charge in [-0.2, -0.15) is 0 Å². The van der Waals surface area contributed by atoms with Crippen LogP contribution >= 0.6 is 0 Å². The van der Waals surface area contributed by atoms with E-state index in [0.717, 1.165) is 49.7 Å². The lowest BCUT2D eigenvalue weighted by Gasteiger charge is -2.19. The van der Waals surface area contributed by atoms with E-state index in [2.05, 4.69) is 32.6 Å². The van der Waals surface area contributed by atoms with Crippen LogP contribution in [0.2, 0.25) is 0 Å². The van der Waals surface area contributed by atoms with Crippen LogP contribution in [0.3, 0.4) is 0 Å². The zero-order chi connectivity index (χ0) is 14.7. The molecule has 1 saturated heterocycles. The van der Waals surface area contributed by atoms with Gasteiger partial charge in [0.1, 0.15) is 0 Å². The second-order valence-corrected chi connectivity index (χ2v) is 6.38. The molecule has 0 aliphatic carbocycles. The lowest BCUT2D eigenvalue weighted by atomic mass is 10.0. The third kappa shape index (κ3) is 3.48. The lowest BCUT2D eigenvalue weighted by Crippen LogP contribution is -2.23. The molecule has 1 aliphatic rings. The van der Waals surface area contributed by atoms with E-state index in [9.17, 15) is 0 Å². The van der Waals surface area contributed by atoms with E-state index < -0.39 is 0 Å². The summed E-state index contributed by atoms with van der Waals surface area (Å²) in [4.78, 5) is 11.7. The average molecular weight is 277 g/mol. The predicted octanol–water partition coefficient (Wildman–Crippen LogP) is 2.50. The smallest absolute Gasteiger partial charge is 0.225 e. The molecule has 1 aromatic heterocycles. The van der Waals surface area contributed by atoms with Crippen LogP contribution in [-0.2, 0) is 6.42 Å². The number of aromatic nitrogens is 2. The van der Waals surface area contributed by atoms with E-state index in [1.54, 1.807) is 0 Å². The molecule has 0 radical (unpaired) electrons. The molecule has 0 bridgehead atoms. The highest BCUT2D eigenvalue weighted by Crippen LogP contribution is 2.25. The first-order chi connectivity index (χ1) is 9.51. The Hall–Kier alpha value is -1.16. The van der Waals surface area contributed by atoms with Gasteiger partial charge in [0, 0.05) is 31.1 Å². The number of hydrogen-bond acceptors (Lipinski definition) is 4. The normalized spacial score (nSPS) is 19.1.